The van der Waals surface area contributed by atoms with Crippen molar-refractivity contribution in [1.29, 1.82) is 0 Å². The zero-order valence-corrected chi connectivity index (χ0v) is 19.3. The number of ether oxygens (including phenoxy) is 3. The fourth-order valence-electron chi connectivity index (χ4n) is 3.78. The predicted molar refractivity (Wildman–Crippen MR) is 117 cm³/mol. The number of hydroxylamine groups is 2. The average molecular weight is 477 g/mol. The Bertz CT molecular complexity index is 1010. The summed E-state index contributed by atoms with van der Waals surface area (Å²) in [5.41, 5.74) is -0.132. The summed E-state index contributed by atoms with van der Waals surface area (Å²) in [5.74, 6) is -0.863. The van der Waals surface area contributed by atoms with Gasteiger partial charge in [-0.2, -0.15) is 0 Å². The van der Waals surface area contributed by atoms with Gasteiger partial charge >= 0.3 is 0 Å². The SMILES string of the molecule is COc1nc(C(=O)N2CCC(OCO)(c3cccc(F)c3)CC2)ccc1OCC(=O)N(C)OC. The third-order valence-corrected chi connectivity index (χ3v) is 5.76. The number of amides is 2. The highest BCUT2D eigenvalue weighted by Gasteiger charge is 2.39. The van der Waals surface area contributed by atoms with Crippen LogP contribution in [-0.4, -0.2) is 79.6 Å². The zero-order valence-electron chi connectivity index (χ0n) is 19.3. The molecule has 184 valence electrons. The number of piperidine rings is 1. The van der Waals surface area contributed by atoms with Gasteiger partial charge in [-0.05, 0) is 42.7 Å². The van der Waals surface area contributed by atoms with Crippen molar-refractivity contribution in [3.05, 3.63) is 53.5 Å². The monoisotopic (exact) mass is 477 g/mol. The standard InChI is InChI=1S/C23H28FN3O7/c1-26(32-3)20(29)14-33-19-8-7-18(25-21(19)31-2)22(30)27-11-9-23(10-12-27,34-15-28)16-5-4-6-17(24)13-16/h4-8,13,28H,9-12,14-15H2,1-3H3. The minimum absolute atomic E-state index is 0.0634. The van der Waals surface area contributed by atoms with Crippen molar-refractivity contribution in [1.82, 2.24) is 14.9 Å². The minimum atomic E-state index is -0.891. The number of likely N-dealkylation sites (tertiary alicyclic amines) is 1. The molecule has 2 aromatic rings. The summed E-state index contributed by atoms with van der Waals surface area (Å²) in [6.07, 6.45) is 0.742. The molecular formula is C23H28FN3O7. The summed E-state index contributed by atoms with van der Waals surface area (Å²) in [6, 6.07) is 9.06. The van der Waals surface area contributed by atoms with Gasteiger partial charge in [0.1, 0.15) is 18.3 Å². The van der Waals surface area contributed by atoms with Gasteiger partial charge in [0.15, 0.2) is 12.4 Å². The van der Waals surface area contributed by atoms with Crippen LogP contribution in [0.5, 0.6) is 11.6 Å². The third kappa shape index (κ3) is 5.61. The maximum absolute atomic E-state index is 13.8. The molecule has 0 bridgehead atoms. The lowest BCUT2D eigenvalue weighted by atomic mass is 9.84. The van der Waals surface area contributed by atoms with Crippen molar-refractivity contribution < 1.29 is 38.1 Å². The Morgan fingerprint density at radius 2 is 1.94 bits per heavy atom. The quantitative estimate of drug-likeness (QED) is 0.430. The molecular weight excluding hydrogens is 449 g/mol. The first-order valence-electron chi connectivity index (χ1n) is 10.6. The van der Waals surface area contributed by atoms with Crippen molar-refractivity contribution >= 4 is 11.8 Å². The number of aromatic nitrogens is 1. The first-order valence-corrected chi connectivity index (χ1v) is 10.6. The second-order valence-corrected chi connectivity index (χ2v) is 7.64. The van der Waals surface area contributed by atoms with Gasteiger partial charge in [-0.25, -0.2) is 14.4 Å². The number of carbonyl (C=O) groups is 2. The molecule has 1 N–H and O–H groups in total. The van der Waals surface area contributed by atoms with Gasteiger partial charge in [0, 0.05) is 20.1 Å². The molecule has 0 saturated carbocycles. The van der Waals surface area contributed by atoms with Gasteiger partial charge in [-0.1, -0.05) is 12.1 Å². The molecule has 1 saturated heterocycles. The Labute approximate surface area is 196 Å². The molecule has 11 heteroatoms. The number of rotatable bonds is 9. The molecule has 0 spiro atoms. The smallest absolute Gasteiger partial charge is 0.283 e. The van der Waals surface area contributed by atoms with Crippen LogP contribution in [0.2, 0.25) is 0 Å². The van der Waals surface area contributed by atoms with Crippen LogP contribution < -0.4 is 9.47 Å². The number of aliphatic hydroxyl groups excluding tert-OH is 1. The van der Waals surface area contributed by atoms with Crippen LogP contribution in [0.4, 0.5) is 4.39 Å². The molecule has 0 aliphatic carbocycles. The van der Waals surface area contributed by atoms with E-state index in [1.807, 2.05) is 0 Å². The summed E-state index contributed by atoms with van der Waals surface area (Å²) in [7, 11) is 4.20. The Kier molecular flexibility index (Phi) is 8.37. The van der Waals surface area contributed by atoms with Crippen molar-refractivity contribution in [3.63, 3.8) is 0 Å². The Morgan fingerprint density at radius 3 is 2.56 bits per heavy atom. The Balaban J connectivity index is 1.70. The maximum atomic E-state index is 13.8. The van der Waals surface area contributed by atoms with E-state index in [2.05, 4.69) is 4.98 Å². The highest BCUT2D eigenvalue weighted by Crippen LogP contribution is 2.37. The number of likely N-dealkylation sites (N-methyl/N-ethyl adjacent to an activating group) is 1. The number of hydrogen-bond donors (Lipinski definition) is 1. The lowest BCUT2D eigenvalue weighted by Gasteiger charge is -2.41. The average Bonchev–Trinajstić information content (AvgIpc) is 2.86. The zero-order chi connectivity index (χ0) is 24.7. The van der Waals surface area contributed by atoms with Crippen LogP contribution in [-0.2, 0) is 20.0 Å². The van der Waals surface area contributed by atoms with Crippen LogP contribution in [0.15, 0.2) is 36.4 Å². The second-order valence-electron chi connectivity index (χ2n) is 7.64. The summed E-state index contributed by atoms with van der Waals surface area (Å²) in [5, 5.41) is 10.4. The number of nitrogens with zero attached hydrogens (tertiary/aromatic N) is 3. The van der Waals surface area contributed by atoms with Crippen LogP contribution in [0, 0.1) is 5.82 Å². The van der Waals surface area contributed by atoms with Gasteiger partial charge in [0.25, 0.3) is 17.7 Å². The van der Waals surface area contributed by atoms with Crippen LogP contribution in [0.1, 0.15) is 28.9 Å². The lowest BCUT2D eigenvalue weighted by molar-refractivity contribution is -0.170. The van der Waals surface area contributed by atoms with Gasteiger partial charge in [0.05, 0.1) is 19.8 Å². The molecule has 0 unspecified atom stereocenters. The number of methoxy groups -OCH3 is 1. The molecule has 34 heavy (non-hydrogen) atoms. The van der Waals surface area contributed by atoms with E-state index in [9.17, 15) is 19.1 Å². The highest BCUT2D eigenvalue weighted by molar-refractivity contribution is 5.92. The molecule has 1 aliphatic heterocycles. The lowest BCUT2D eigenvalue weighted by Crippen LogP contribution is -2.46. The highest BCUT2D eigenvalue weighted by atomic mass is 19.1. The summed E-state index contributed by atoms with van der Waals surface area (Å²) in [6.45, 7) is -0.187. The first kappa shape index (κ1) is 25.3. The second kappa shape index (κ2) is 11.2. The minimum Gasteiger partial charge on any atom is -0.478 e. The topological polar surface area (TPSA) is 111 Å². The van der Waals surface area contributed by atoms with E-state index in [1.54, 1.807) is 17.0 Å². The summed E-state index contributed by atoms with van der Waals surface area (Å²) < 4.78 is 30.1. The largest absolute Gasteiger partial charge is 0.478 e. The number of benzene rings is 1. The van der Waals surface area contributed by atoms with Crippen molar-refractivity contribution in [2.24, 2.45) is 0 Å². The third-order valence-electron chi connectivity index (χ3n) is 5.76. The molecule has 0 radical (unpaired) electrons. The number of aliphatic hydroxyl groups is 1. The molecule has 1 fully saturated rings. The molecule has 1 aliphatic rings. The van der Waals surface area contributed by atoms with Crippen LogP contribution in [0.3, 0.4) is 0 Å². The predicted octanol–water partition coefficient (Wildman–Crippen LogP) is 1.73. The van der Waals surface area contributed by atoms with E-state index in [0.29, 0.717) is 31.5 Å². The van der Waals surface area contributed by atoms with E-state index in [-0.39, 0.29) is 29.8 Å². The van der Waals surface area contributed by atoms with Crippen molar-refractivity contribution in [2.75, 3.05) is 47.8 Å². The molecule has 1 aromatic carbocycles. The van der Waals surface area contributed by atoms with Crippen molar-refractivity contribution in [2.45, 2.75) is 18.4 Å². The van der Waals surface area contributed by atoms with Crippen molar-refractivity contribution in [3.8, 4) is 11.6 Å². The van der Waals surface area contributed by atoms with Gasteiger partial charge in [-0.3, -0.25) is 14.4 Å². The summed E-state index contributed by atoms with van der Waals surface area (Å²) >= 11 is 0. The van der Waals surface area contributed by atoms with Gasteiger partial charge in [-0.15, -0.1) is 0 Å². The number of carbonyl (C=O) groups excluding carboxylic acids is 2. The molecule has 10 nitrogen and oxygen atoms in total. The van der Waals surface area contributed by atoms with E-state index < -0.39 is 24.1 Å². The Morgan fingerprint density at radius 1 is 1.21 bits per heavy atom. The Hall–Kier alpha value is -3.28. The number of hydrogen-bond acceptors (Lipinski definition) is 8. The van der Waals surface area contributed by atoms with E-state index in [0.717, 1.165) is 5.06 Å². The molecule has 2 heterocycles. The number of halogens is 1. The first-order chi connectivity index (χ1) is 16.3. The molecule has 2 amide bonds. The fourth-order valence-corrected chi connectivity index (χ4v) is 3.78. The van der Waals surface area contributed by atoms with E-state index >= 15 is 0 Å². The van der Waals surface area contributed by atoms with E-state index in [1.165, 1.54) is 45.5 Å². The molecule has 0 atom stereocenters. The fraction of sp³-hybridized carbons (Fsp3) is 0.435. The summed E-state index contributed by atoms with van der Waals surface area (Å²) in [4.78, 5) is 35.6. The van der Waals surface area contributed by atoms with E-state index in [4.69, 9.17) is 19.0 Å². The van der Waals surface area contributed by atoms with Crippen LogP contribution in [0.25, 0.3) is 0 Å². The van der Waals surface area contributed by atoms with Gasteiger partial charge < -0.3 is 24.2 Å². The normalized spacial score (nSPS) is 15.0. The van der Waals surface area contributed by atoms with Crippen LogP contribution >= 0.6 is 0 Å². The number of pyridine rings is 1. The molecule has 1 aromatic heterocycles. The molecule has 3 rings (SSSR count). The maximum Gasteiger partial charge on any atom is 0.283 e. The van der Waals surface area contributed by atoms with Gasteiger partial charge in [0.2, 0.25) is 0 Å².